The number of rotatable bonds is 4. The average molecular weight is 348 g/mol. The fourth-order valence-electron chi connectivity index (χ4n) is 2.93. The van der Waals surface area contributed by atoms with Crippen molar-refractivity contribution >= 4 is 16.8 Å². The van der Waals surface area contributed by atoms with E-state index >= 15 is 0 Å². The number of carbonyl (C=O) groups is 1. The molecule has 0 aliphatic rings. The first-order valence-corrected chi connectivity index (χ1v) is 7.97. The molecule has 0 aliphatic carbocycles. The fraction of sp³-hybridized carbons (Fsp3) is 0.105. The van der Waals surface area contributed by atoms with Crippen LogP contribution in [0.3, 0.4) is 0 Å². The van der Waals surface area contributed by atoms with Gasteiger partial charge < -0.3 is 19.6 Å². The standard InChI is InChI=1S/C19H16N4O3/c1-11-21-19(26-22-11)17-10-13-9-15(25-2)7-8-16(13)23(17)14-5-3-12(4-6-14)18(20)24/h3-10H,1-2H3,(H2,20,24). The molecule has 2 aromatic heterocycles. The molecule has 2 aromatic carbocycles. The second-order valence-electron chi connectivity index (χ2n) is 5.85. The molecule has 7 nitrogen and oxygen atoms in total. The van der Waals surface area contributed by atoms with Crippen molar-refractivity contribution in [2.75, 3.05) is 7.11 Å². The molecule has 2 N–H and O–H groups in total. The molecule has 0 atom stereocenters. The number of amides is 1. The maximum atomic E-state index is 11.3. The van der Waals surface area contributed by atoms with E-state index in [1.165, 1.54) is 0 Å². The van der Waals surface area contributed by atoms with Crippen LogP contribution in [0.4, 0.5) is 0 Å². The van der Waals surface area contributed by atoms with Crippen LogP contribution in [-0.2, 0) is 0 Å². The molecule has 130 valence electrons. The lowest BCUT2D eigenvalue weighted by Crippen LogP contribution is -2.10. The number of aryl methyl sites for hydroxylation is 1. The highest BCUT2D eigenvalue weighted by molar-refractivity contribution is 5.93. The number of aromatic nitrogens is 3. The zero-order valence-corrected chi connectivity index (χ0v) is 14.3. The van der Waals surface area contributed by atoms with Crippen molar-refractivity contribution in [3.05, 3.63) is 59.9 Å². The zero-order chi connectivity index (χ0) is 18.3. The number of nitrogens with two attached hydrogens (primary N) is 1. The van der Waals surface area contributed by atoms with E-state index in [1.54, 1.807) is 26.2 Å². The molecule has 0 saturated carbocycles. The van der Waals surface area contributed by atoms with Gasteiger partial charge in [0.25, 0.3) is 5.89 Å². The number of carbonyl (C=O) groups excluding carboxylic acids is 1. The molecule has 1 amide bonds. The Balaban J connectivity index is 1.97. The Hall–Kier alpha value is -3.61. The maximum absolute atomic E-state index is 11.3. The van der Waals surface area contributed by atoms with Gasteiger partial charge in [-0.1, -0.05) is 5.16 Å². The van der Waals surface area contributed by atoms with Gasteiger partial charge in [0.2, 0.25) is 5.91 Å². The summed E-state index contributed by atoms with van der Waals surface area (Å²) in [5, 5.41) is 4.85. The molecule has 7 heteroatoms. The van der Waals surface area contributed by atoms with Crippen LogP contribution in [-0.4, -0.2) is 27.7 Å². The van der Waals surface area contributed by atoms with Gasteiger partial charge in [-0.05, 0) is 55.5 Å². The Morgan fingerprint density at radius 2 is 1.92 bits per heavy atom. The molecule has 0 aliphatic heterocycles. The summed E-state index contributed by atoms with van der Waals surface area (Å²) in [7, 11) is 1.63. The lowest BCUT2D eigenvalue weighted by Gasteiger charge is -2.09. The van der Waals surface area contributed by atoms with Crippen molar-refractivity contribution in [2.24, 2.45) is 5.73 Å². The van der Waals surface area contributed by atoms with E-state index in [2.05, 4.69) is 10.1 Å². The third-order valence-corrected chi connectivity index (χ3v) is 4.17. The molecular weight excluding hydrogens is 332 g/mol. The second-order valence-corrected chi connectivity index (χ2v) is 5.85. The van der Waals surface area contributed by atoms with Crippen LogP contribution in [0.25, 0.3) is 28.2 Å². The third kappa shape index (κ3) is 2.59. The smallest absolute Gasteiger partial charge is 0.274 e. The Morgan fingerprint density at radius 3 is 2.54 bits per heavy atom. The van der Waals surface area contributed by atoms with Crippen molar-refractivity contribution in [3.8, 4) is 23.0 Å². The van der Waals surface area contributed by atoms with Crippen LogP contribution >= 0.6 is 0 Å². The van der Waals surface area contributed by atoms with Gasteiger partial charge in [-0.2, -0.15) is 4.98 Å². The lowest BCUT2D eigenvalue weighted by molar-refractivity contribution is 0.100. The van der Waals surface area contributed by atoms with Gasteiger partial charge in [0.1, 0.15) is 11.4 Å². The summed E-state index contributed by atoms with van der Waals surface area (Å²) in [6, 6.07) is 14.8. The van der Waals surface area contributed by atoms with E-state index in [0.29, 0.717) is 17.3 Å². The molecule has 0 fully saturated rings. The predicted molar refractivity (Wildman–Crippen MR) is 96.4 cm³/mol. The van der Waals surface area contributed by atoms with Crippen LogP contribution in [0.5, 0.6) is 5.75 Å². The van der Waals surface area contributed by atoms with Crippen LogP contribution in [0.2, 0.25) is 0 Å². The number of nitrogens with zero attached hydrogens (tertiary/aromatic N) is 3. The van der Waals surface area contributed by atoms with Crippen molar-refractivity contribution in [1.29, 1.82) is 0 Å². The summed E-state index contributed by atoms with van der Waals surface area (Å²) in [5.74, 6) is 1.26. The quantitative estimate of drug-likeness (QED) is 0.611. The van der Waals surface area contributed by atoms with Crippen molar-refractivity contribution in [3.63, 3.8) is 0 Å². The normalized spacial score (nSPS) is 11.0. The van der Waals surface area contributed by atoms with Gasteiger partial charge in [-0.3, -0.25) is 4.79 Å². The largest absolute Gasteiger partial charge is 0.497 e. The monoisotopic (exact) mass is 348 g/mol. The molecule has 4 rings (SSSR count). The van der Waals surface area contributed by atoms with Crippen LogP contribution in [0.1, 0.15) is 16.2 Å². The van der Waals surface area contributed by atoms with Crippen LogP contribution < -0.4 is 10.5 Å². The Labute approximate surface area is 149 Å². The minimum absolute atomic E-state index is 0.414. The van der Waals surface area contributed by atoms with E-state index < -0.39 is 5.91 Å². The molecule has 0 bridgehead atoms. The molecule has 0 unspecified atom stereocenters. The van der Waals surface area contributed by atoms with Crippen molar-refractivity contribution < 1.29 is 14.1 Å². The van der Waals surface area contributed by atoms with Crippen molar-refractivity contribution in [1.82, 2.24) is 14.7 Å². The summed E-state index contributed by atoms with van der Waals surface area (Å²) in [6.07, 6.45) is 0. The summed E-state index contributed by atoms with van der Waals surface area (Å²) in [5.41, 5.74) is 8.33. The van der Waals surface area contributed by atoms with Gasteiger partial charge in [0, 0.05) is 16.6 Å². The topological polar surface area (TPSA) is 96.2 Å². The van der Waals surface area contributed by atoms with Gasteiger partial charge in [0.15, 0.2) is 5.82 Å². The minimum Gasteiger partial charge on any atom is -0.497 e. The summed E-state index contributed by atoms with van der Waals surface area (Å²) < 4.78 is 12.7. The van der Waals surface area contributed by atoms with Gasteiger partial charge in [0.05, 0.1) is 12.6 Å². The predicted octanol–water partition coefficient (Wildman–Crippen LogP) is 3.10. The first-order chi connectivity index (χ1) is 12.6. The Kier molecular flexibility index (Phi) is 3.69. The number of primary amides is 1. The van der Waals surface area contributed by atoms with E-state index in [4.69, 9.17) is 15.0 Å². The molecule has 0 saturated heterocycles. The van der Waals surface area contributed by atoms with Gasteiger partial charge in [-0.25, -0.2) is 0 Å². The SMILES string of the molecule is COc1ccc2c(c1)cc(-c1nc(C)no1)n2-c1ccc(C(N)=O)cc1. The van der Waals surface area contributed by atoms with Crippen LogP contribution in [0.15, 0.2) is 53.1 Å². The first-order valence-electron chi connectivity index (χ1n) is 7.97. The van der Waals surface area contributed by atoms with E-state index in [-0.39, 0.29) is 0 Å². The molecule has 26 heavy (non-hydrogen) atoms. The fourth-order valence-corrected chi connectivity index (χ4v) is 2.93. The maximum Gasteiger partial charge on any atom is 0.274 e. The molecule has 2 heterocycles. The average Bonchev–Trinajstić information content (AvgIpc) is 3.24. The number of methoxy groups -OCH3 is 1. The van der Waals surface area contributed by atoms with E-state index in [1.807, 2.05) is 41.0 Å². The van der Waals surface area contributed by atoms with E-state index in [0.717, 1.165) is 28.0 Å². The molecule has 4 aromatic rings. The summed E-state index contributed by atoms with van der Waals surface area (Å²) in [4.78, 5) is 15.7. The molecule has 0 radical (unpaired) electrons. The Bertz CT molecular complexity index is 1110. The van der Waals surface area contributed by atoms with Crippen molar-refractivity contribution in [2.45, 2.75) is 6.92 Å². The van der Waals surface area contributed by atoms with Gasteiger partial charge in [-0.15, -0.1) is 0 Å². The highest BCUT2D eigenvalue weighted by atomic mass is 16.5. The third-order valence-electron chi connectivity index (χ3n) is 4.17. The second kappa shape index (κ2) is 6.03. The number of hydrogen-bond acceptors (Lipinski definition) is 5. The van der Waals surface area contributed by atoms with Crippen LogP contribution in [0, 0.1) is 6.92 Å². The highest BCUT2D eigenvalue weighted by Gasteiger charge is 2.18. The summed E-state index contributed by atoms with van der Waals surface area (Å²) in [6.45, 7) is 1.77. The molecule has 0 spiro atoms. The molecular formula is C19H16N4O3. The lowest BCUT2D eigenvalue weighted by atomic mass is 10.2. The van der Waals surface area contributed by atoms with E-state index in [9.17, 15) is 4.79 Å². The number of benzene rings is 2. The summed E-state index contributed by atoms with van der Waals surface area (Å²) >= 11 is 0. The number of hydrogen-bond donors (Lipinski definition) is 1. The van der Waals surface area contributed by atoms with Gasteiger partial charge >= 0.3 is 0 Å². The number of ether oxygens (including phenoxy) is 1. The Morgan fingerprint density at radius 1 is 1.15 bits per heavy atom. The number of fused-ring (bicyclic) bond motifs is 1. The first kappa shape index (κ1) is 15.9. The zero-order valence-electron chi connectivity index (χ0n) is 14.3. The minimum atomic E-state index is -0.466. The highest BCUT2D eigenvalue weighted by Crippen LogP contribution is 2.32.